The number of benzene rings is 2. The first kappa shape index (κ1) is 18.6. The largest absolute Gasteiger partial charge is 0.269 e. The number of carbonyl (C=O) groups excluding carboxylic acids is 1. The number of hydrogen-bond donors (Lipinski definition) is 0. The third kappa shape index (κ3) is 3.18. The van der Waals surface area contributed by atoms with Gasteiger partial charge in [-0.2, -0.15) is 4.68 Å². The lowest BCUT2D eigenvalue weighted by Crippen LogP contribution is -2.32. The Morgan fingerprint density at radius 2 is 1.79 bits per heavy atom. The number of aromatic nitrogens is 4. The first-order valence-electron chi connectivity index (χ1n) is 8.54. The third-order valence-corrected chi connectivity index (χ3v) is 7.07. The summed E-state index contributed by atoms with van der Waals surface area (Å²) in [6.45, 7) is 4.03. The van der Waals surface area contributed by atoms with E-state index >= 15 is 0 Å². The minimum atomic E-state index is -3.80. The molecule has 0 unspecified atom stereocenters. The monoisotopic (exact) mass is 415 g/mol. The summed E-state index contributed by atoms with van der Waals surface area (Å²) in [6, 6.07) is 12.3. The Morgan fingerprint density at radius 3 is 2.50 bits per heavy atom. The quantitative estimate of drug-likeness (QED) is 0.589. The van der Waals surface area contributed by atoms with Crippen molar-refractivity contribution < 1.29 is 13.2 Å². The molecule has 3 aromatic rings. The Hall–Kier alpha value is -2.72. The zero-order chi connectivity index (χ0) is 19.9. The van der Waals surface area contributed by atoms with Gasteiger partial charge in [0.2, 0.25) is 5.16 Å². The molecule has 144 valence electrons. The minimum absolute atomic E-state index is 0.0419. The molecule has 2 heterocycles. The van der Waals surface area contributed by atoms with Crippen molar-refractivity contribution in [2.45, 2.75) is 23.9 Å². The van der Waals surface area contributed by atoms with Crippen LogP contribution >= 0.6 is 11.8 Å². The fraction of sp³-hybridized carbons (Fsp3) is 0.222. The van der Waals surface area contributed by atoms with Crippen LogP contribution in [0.1, 0.15) is 21.5 Å². The molecule has 28 heavy (non-hydrogen) atoms. The smallest absolute Gasteiger partial charge is 0.268 e. The van der Waals surface area contributed by atoms with Crippen molar-refractivity contribution in [1.29, 1.82) is 0 Å². The second-order valence-corrected chi connectivity index (χ2v) is 9.34. The van der Waals surface area contributed by atoms with Gasteiger partial charge in [0.25, 0.3) is 15.9 Å². The molecule has 8 nitrogen and oxygen atoms in total. The number of thioether (sulfide) groups is 1. The van der Waals surface area contributed by atoms with Crippen LogP contribution in [0.25, 0.3) is 5.69 Å². The van der Waals surface area contributed by atoms with Crippen molar-refractivity contribution in [3.63, 3.8) is 0 Å². The second kappa shape index (κ2) is 7.02. The van der Waals surface area contributed by atoms with Gasteiger partial charge in [0.1, 0.15) is 4.90 Å². The molecule has 2 aromatic carbocycles. The molecule has 0 fully saturated rings. The number of carbonyl (C=O) groups is 1. The predicted octanol–water partition coefficient (Wildman–Crippen LogP) is 2.22. The molecule has 0 saturated heterocycles. The molecule has 4 rings (SSSR count). The van der Waals surface area contributed by atoms with Crippen molar-refractivity contribution in [3.8, 4) is 5.69 Å². The van der Waals surface area contributed by atoms with E-state index in [2.05, 4.69) is 21.6 Å². The van der Waals surface area contributed by atoms with Crippen molar-refractivity contribution >= 4 is 27.7 Å². The van der Waals surface area contributed by atoms with E-state index in [-0.39, 0.29) is 17.0 Å². The number of aryl methyl sites for hydroxylation is 2. The van der Waals surface area contributed by atoms with Gasteiger partial charge in [0, 0.05) is 12.3 Å². The topological polar surface area (TPSA) is 98.1 Å². The lowest BCUT2D eigenvalue weighted by molar-refractivity contribution is 0.0876. The van der Waals surface area contributed by atoms with E-state index in [0.717, 1.165) is 21.1 Å². The molecule has 0 radical (unpaired) electrons. The van der Waals surface area contributed by atoms with E-state index in [4.69, 9.17) is 0 Å². The van der Waals surface area contributed by atoms with Crippen LogP contribution in [-0.4, -0.2) is 51.1 Å². The second-order valence-electron chi connectivity index (χ2n) is 6.45. The Balaban J connectivity index is 1.50. The molecular formula is C18H17N5O3S2. The highest BCUT2D eigenvalue weighted by Gasteiger charge is 2.40. The molecule has 1 aliphatic heterocycles. The van der Waals surface area contributed by atoms with Crippen LogP contribution in [0.2, 0.25) is 0 Å². The summed E-state index contributed by atoms with van der Waals surface area (Å²) < 4.78 is 27.7. The average molecular weight is 416 g/mol. The number of hydrogen-bond acceptors (Lipinski definition) is 7. The summed E-state index contributed by atoms with van der Waals surface area (Å²) in [4.78, 5) is 12.5. The third-order valence-electron chi connectivity index (χ3n) is 4.33. The van der Waals surface area contributed by atoms with Gasteiger partial charge in [-0.25, -0.2) is 12.7 Å². The molecule has 10 heteroatoms. The molecule has 0 spiro atoms. The van der Waals surface area contributed by atoms with Crippen LogP contribution in [0.4, 0.5) is 0 Å². The highest BCUT2D eigenvalue weighted by atomic mass is 32.2. The molecular weight excluding hydrogens is 398 g/mol. The molecule has 1 aliphatic rings. The van der Waals surface area contributed by atoms with E-state index < -0.39 is 15.9 Å². The highest BCUT2D eigenvalue weighted by Crippen LogP contribution is 2.30. The molecule has 0 N–H and O–H groups in total. The van der Waals surface area contributed by atoms with Gasteiger partial charge in [-0.1, -0.05) is 30.0 Å². The molecule has 1 amide bonds. The summed E-state index contributed by atoms with van der Waals surface area (Å²) in [5.74, 6) is -0.158. The average Bonchev–Trinajstić information content (AvgIpc) is 3.18. The summed E-state index contributed by atoms with van der Waals surface area (Å²) in [5.41, 5.74) is 3.23. The molecule has 0 saturated carbocycles. The van der Waals surface area contributed by atoms with Gasteiger partial charge < -0.3 is 0 Å². The van der Waals surface area contributed by atoms with Crippen LogP contribution < -0.4 is 0 Å². The highest BCUT2D eigenvalue weighted by molar-refractivity contribution is 7.99. The normalized spacial score (nSPS) is 15.1. The Morgan fingerprint density at radius 1 is 1.07 bits per heavy atom. The first-order valence-corrected chi connectivity index (χ1v) is 11.0. The number of tetrazole rings is 1. The minimum Gasteiger partial charge on any atom is -0.268 e. The van der Waals surface area contributed by atoms with Gasteiger partial charge in [0.15, 0.2) is 0 Å². The van der Waals surface area contributed by atoms with Crippen LogP contribution in [0.3, 0.4) is 0 Å². The van der Waals surface area contributed by atoms with E-state index in [1.54, 1.807) is 16.8 Å². The van der Waals surface area contributed by atoms with Crippen molar-refractivity contribution in [3.05, 3.63) is 59.2 Å². The van der Waals surface area contributed by atoms with Crippen molar-refractivity contribution in [2.75, 3.05) is 12.3 Å². The van der Waals surface area contributed by atoms with Crippen LogP contribution in [0.15, 0.2) is 52.5 Å². The summed E-state index contributed by atoms with van der Waals surface area (Å²) in [7, 11) is -3.80. The lowest BCUT2D eigenvalue weighted by atomic mass is 10.1. The fourth-order valence-corrected chi connectivity index (χ4v) is 5.68. The number of fused-ring (bicyclic) bond motifs is 1. The number of sulfonamides is 1. The predicted molar refractivity (Wildman–Crippen MR) is 104 cm³/mol. The summed E-state index contributed by atoms with van der Waals surface area (Å²) in [5, 5.41) is 12.3. The van der Waals surface area contributed by atoms with Gasteiger partial charge in [0.05, 0.1) is 11.3 Å². The van der Waals surface area contributed by atoms with Gasteiger partial charge >= 0.3 is 0 Å². The van der Waals surface area contributed by atoms with Gasteiger partial charge in [-0.05, 0) is 59.7 Å². The first-order chi connectivity index (χ1) is 13.4. The van der Waals surface area contributed by atoms with Gasteiger partial charge in [-0.15, -0.1) is 5.10 Å². The van der Waals surface area contributed by atoms with Crippen molar-refractivity contribution in [2.24, 2.45) is 0 Å². The number of nitrogens with zero attached hydrogens (tertiary/aromatic N) is 5. The fourth-order valence-electron chi connectivity index (χ4n) is 3.18. The maximum absolute atomic E-state index is 12.6. The Kier molecular flexibility index (Phi) is 4.68. The number of amides is 1. The van der Waals surface area contributed by atoms with E-state index in [0.29, 0.717) is 10.9 Å². The maximum Gasteiger partial charge on any atom is 0.269 e. The van der Waals surface area contributed by atoms with Crippen LogP contribution in [-0.2, 0) is 10.0 Å². The summed E-state index contributed by atoms with van der Waals surface area (Å²) >= 11 is 1.30. The molecule has 0 aliphatic carbocycles. The van der Waals surface area contributed by atoms with Gasteiger partial charge in [-0.3, -0.25) is 4.79 Å². The zero-order valence-electron chi connectivity index (χ0n) is 15.2. The van der Waals surface area contributed by atoms with Crippen LogP contribution in [0.5, 0.6) is 0 Å². The lowest BCUT2D eigenvalue weighted by Gasteiger charge is -2.14. The Bertz CT molecular complexity index is 1150. The van der Waals surface area contributed by atoms with E-state index in [1.165, 1.54) is 23.9 Å². The van der Waals surface area contributed by atoms with E-state index in [1.807, 2.05) is 26.0 Å². The Labute approximate surface area is 166 Å². The zero-order valence-corrected chi connectivity index (χ0v) is 16.9. The van der Waals surface area contributed by atoms with Crippen molar-refractivity contribution in [1.82, 2.24) is 24.5 Å². The number of rotatable bonds is 5. The molecule has 0 atom stereocenters. The summed E-state index contributed by atoms with van der Waals surface area (Å²) in [6.07, 6.45) is 0. The standard InChI is InChI=1S/C18H17N5O3S2/c1-12-9-13(2)11-14(10-12)23-18(19-20-21-23)27-8-7-22-17(24)15-5-3-4-6-16(15)28(22,25)26/h3-6,9-11H,7-8H2,1-2H3. The van der Waals surface area contributed by atoms with E-state index in [9.17, 15) is 13.2 Å². The van der Waals surface area contributed by atoms with Crippen LogP contribution in [0, 0.1) is 13.8 Å². The molecule has 1 aromatic heterocycles. The SMILES string of the molecule is Cc1cc(C)cc(-n2nnnc2SCCN2C(=O)c3ccccc3S2(=O)=O)c1. The molecule has 0 bridgehead atoms. The maximum atomic E-state index is 12.6.